The van der Waals surface area contributed by atoms with Gasteiger partial charge in [-0.2, -0.15) is 0 Å². The van der Waals surface area contributed by atoms with Gasteiger partial charge < -0.3 is 9.83 Å². The zero-order chi connectivity index (χ0) is 7.45. The van der Waals surface area contributed by atoms with Crippen molar-refractivity contribution < 1.29 is 4.43 Å². The van der Waals surface area contributed by atoms with Crippen molar-refractivity contribution in [2.24, 2.45) is 5.40 Å². The summed E-state index contributed by atoms with van der Waals surface area (Å²) in [7, 11) is -1.64. The van der Waals surface area contributed by atoms with Crippen LogP contribution in [0.4, 0.5) is 0 Å². The first kappa shape index (κ1) is 8.24. The molecule has 3 heteroatoms. The second kappa shape index (κ2) is 3.51. The van der Waals surface area contributed by atoms with Crippen molar-refractivity contribution in [1.29, 1.82) is 0 Å². The maximum atomic E-state index is 6.09. The van der Waals surface area contributed by atoms with E-state index in [1.165, 1.54) is 25.3 Å². The average molecular weight is 159 g/mol. The second-order valence-electron chi connectivity index (χ2n) is 3.12. The Hall–Kier alpha value is 0.137. The van der Waals surface area contributed by atoms with Crippen molar-refractivity contribution in [3.8, 4) is 0 Å². The molecule has 1 atom stereocenters. The van der Waals surface area contributed by atoms with Crippen LogP contribution in [0.2, 0.25) is 12.1 Å². The quantitative estimate of drug-likeness (QED) is 0.621. The Labute approximate surface area is 64.0 Å². The van der Waals surface area contributed by atoms with Crippen LogP contribution in [0.1, 0.15) is 26.2 Å². The van der Waals surface area contributed by atoms with E-state index in [-0.39, 0.29) is 0 Å². The summed E-state index contributed by atoms with van der Waals surface area (Å²) in [6, 6.07) is 2.33. The van der Waals surface area contributed by atoms with Crippen LogP contribution >= 0.6 is 0 Å². The molecule has 1 fully saturated rings. The zero-order valence-corrected chi connectivity index (χ0v) is 7.73. The van der Waals surface area contributed by atoms with Crippen LogP contribution in [0, 0.1) is 0 Å². The van der Waals surface area contributed by atoms with E-state index in [9.17, 15) is 0 Å². The Balaban J connectivity index is 2.32. The minimum Gasteiger partial charge on any atom is -0.403 e. The molecule has 2 nitrogen and oxygen atoms in total. The average Bonchev–Trinajstić information content (AvgIpc) is 1.89. The van der Waals surface area contributed by atoms with E-state index in [0.717, 1.165) is 12.7 Å². The molecular formula is C7H17NOSi. The van der Waals surface area contributed by atoms with Crippen LogP contribution in [0.25, 0.3) is 0 Å². The number of rotatable bonds is 2. The predicted octanol–water partition coefficient (Wildman–Crippen LogP) is 1.61. The zero-order valence-electron chi connectivity index (χ0n) is 6.73. The van der Waals surface area contributed by atoms with Gasteiger partial charge in [-0.25, -0.2) is 0 Å². The first-order chi connectivity index (χ1) is 4.77. The molecule has 0 bridgehead atoms. The van der Waals surface area contributed by atoms with E-state index in [1.807, 2.05) is 0 Å². The van der Waals surface area contributed by atoms with Gasteiger partial charge in [0.25, 0.3) is 8.48 Å². The van der Waals surface area contributed by atoms with Crippen molar-refractivity contribution in [2.45, 2.75) is 38.3 Å². The van der Waals surface area contributed by atoms with E-state index in [2.05, 4.69) is 6.92 Å². The lowest BCUT2D eigenvalue weighted by molar-refractivity contribution is 0.266. The molecule has 1 rings (SSSR count). The van der Waals surface area contributed by atoms with Gasteiger partial charge in [0.1, 0.15) is 0 Å². The van der Waals surface area contributed by atoms with Crippen LogP contribution in [0.15, 0.2) is 0 Å². The molecule has 1 aliphatic heterocycles. The van der Waals surface area contributed by atoms with Gasteiger partial charge in [0.2, 0.25) is 0 Å². The van der Waals surface area contributed by atoms with Gasteiger partial charge >= 0.3 is 0 Å². The van der Waals surface area contributed by atoms with Gasteiger partial charge in [-0.3, -0.25) is 0 Å². The Morgan fingerprint density at radius 2 is 2.30 bits per heavy atom. The maximum Gasteiger partial charge on any atom is 0.266 e. The monoisotopic (exact) mass is 159 g/mol. The van der Waals surface area contributed by atoms with E-state index in [1.54, 1.807) is 0 Å². The number of hydrogen-bond acceptors (Lipinski definition) is 2. The van der Waals surface area contributed by atoms with Crippen molar-refractivity contribution >= 4 is 8.48 Å². The standard InChI is InChI=1S/C7H17NOSi/c1-2-6-10(8)7-4-3-5-9-10/h2-8H2,1H3. The number of hydrogen-bond donors (Lipinski definition) is 1. The van der Waals surface area contributed by atoms with E-state index < -0.39 is 8.48 Å². The summed E-state index contributed by atoms with van der Waals surface area (Å²) >= 11 is 0. The van der Waals surface area contributed by atoms with Crippen LogP contribution in [-0.4, -0.2) is 15.1 Å². The summed E-state index contributed by atoms with van der Waals surface area (Å²) < 4.78 is 5.62. The summed E-state index contributed by atoms with van der Waals surface area (Å²) in [4.78, 5) is 0. The molecule has 1 unspecified atom stereocenters. The van der Waals surface area contributed by atoms with Gasteiger partial charge in [-0.1, -0.05) is 19.8 Å². The lowest BCUT2D eigenvalue weighted by Gasteiger charge is -2.30. The van der Waals surface area contributed by atoms with Gasteiger partial charge in [0, 0.05) is 6.61 Å². The molecule has 1 aliphatic rings. The Morgan fingerprint density at radius 1 is 1.50 bits per heavy atom. The molecule has 60 valence electrons. The van der Waals surface area contributed by atoms with Gasteiger partial charge in [0.05, 0.1) is 0 Å². The maximum absolute atomic E-state index is 6.09. The fraction of sp³-hybridized carbons (Fsp3) is 1.00. The summed E-state index contributed by atoms with van der Waals surface area (Å²) in [5.74, 6) is 0. The normalized spacial score (nSPS) is 34.2. The fourth-order valence-corrected chi connectivity index (χ4v) is 4.28. The molecule has 1 saturated heterocycles. The third-order valence-corrected chi connectivity index (χ3v) is 5.38. The molecular weight excluding hydrogens is 142 g/mol. The SMILES string of the molecule is CCC[Si]1(N)CCCCO1. The van der Waals surface area contributed by atoms with Crippen molar-refractivity contribution in [3.63, 3.8) is 0 Å². The molecule has 0 spiro atoms. The Bertz CT molecular complexity index is 96.3. The van der Waals surface area contributed by atoms with E-state index in [4.69, 9.17) is 9.83 Å². The molecule has 0 aromatic rings. The minimum absolute atomic E-state index is 0.919. The molecule has 1 heterocycles. The third-order valence-electron chi connectivity index (χ3n) is 2.06. The fourth-order valence-electron chi connectivity index (χ4n) is 1.49. The Kier molecular flexibility index (Phi) is 2.89. The smallest absolute Gasteiger partial charge is 0.266 e. The van der Waals surface area contributed by atoms with Gasteiger partial charge in [-0.05, 0) is 18.5 Å². The van der Waals surface area contributed by atoms with Crippen molar-refractivity contribution in [2.75, 3.05) is 6.61 Å². The second-order valence-corrected chi connectivity index (χ2v) is 6.54. The van der Waals surface area contributed by atoms with Crippen molar-refractivity contribution in [3.05, 3.63) is 0 Å². The highest BCUT2D eigenvalue weighted by molar-refractivity contribution is 6.70. The highest BCUT2D eigenvalue weighted by atomic mass is 28.4. The topological polar surface area (TPSA) is 35.2 Å². The lowest BCUT2D eigenvalue weighted by Crippen LogP contribution is -2.50. The van der Waals surface area contributed by atoms with E-state index >= 15 is 0 Å². The first-order valence-electron chi connectivity index (χ1n) is 4.20. The molecule has 0 saturated carbocycles. The molecule has 10 heavy (non-hydrogen) atoms. The summed E-state index contributed by atoms with van der Waals surface area (Å²) in [5, 5.41) is 6.09. The molecule has 0 aromatic carbocycles. The predicted molar refractivity (Wildman–Crippen MR) is 45.0 cm³/mol. The van der Waals surface area contributed by atoms with E-state index in [0.29, 0.717) is 0 Å². The van der Waals surface area contributed by atoms with Crippen LogP contribution in [0.3, 0.4) is 0 Å². The number of nitrogens with two attached hydrogens (primary N) is 1. The minimum atomic E-state index is -1.64. The van der Waals surface area contributed by atoms with Crippen LogP contribution < -0.4 is 5.40 Å². The highest BCUT2D eigenvalue weighted by Crippen LogP contribution is 2.21. The Morgan fingerprint density at radius 3 is 2.80 bits per heavy atom. The first-order valence-corrected chi connectivity index (χ1v) is 6.60. The largest absolute Gasteiger partial charge is 0.403 e. The summed E-state index contributed by atoms with van der Waals surface area (Å²) in [5.41, 5.74) is 0. The van der Waals surface area contributed by atoms with Gasteiger partial charge in [0.15, 0.2) is 0 Å². The summed E-state index contributed by atoms with van der Waals surface area (Å²) in [6.45, 7) is 3.10. The molecule has 2 N–H and O–H groups in total. The molecule has 0 radical (unpaired) electrons. The highest BCUT2D eigenvalue weighted by Gasteiger charge is 2.31. The lowest BCUT2D eigenvalue weighted by atomic mass is 10.4. The molecule has 0 amide bonds. The molecule has 0 aromatic heterocycles. The van der Waals surface area contributed by atoms with Crippen LogP contribution in [0.5, 0.6) is 0 Å². The third kappa shape index (κ3) is 2.07. The van der Waals surface area contributed by atoms with Gasteiger partial charge in [-0.15, -0.1) is 0 Å². The molecule has 0 aliphatic carbocycles. The van der Waals surface area contributed by atoms with Crippen LogP contribution in [-0.2, 0) is 4.43 Å². The van der Waals surface area contributed by atoms with Crippen molar-refractivity contribution in [1.82, 2.24) is 0 Å². The summed E-state index contributed by atoms with van der Waals surface area (Å²) in [6.07, 6.45) is 3.70.